The van der Waals surface area contributed by atoms with Crippen LogP contribution in [-0.2, 0) is 18.6 Å². The maximum atomic E-state index is 11.1. The molecule has 1 atom stereocenters. The first-order chi connectivity index (χ1) is 12.9. The molecule has 27 heavy (non-hydrogen) atoms. The normalized spacial score (nSPS) is 15.6. The fraction of sp³-hybridized carbons (Fsp3) is 0.278. The van der Waals surface area contributed by atoms with Crippen molar-refractivity contribution in [2.45, 2.75) is 25.6 Å². The highest BCUT2D eigenvalue weighted by atomic mass is 35.5. The number of thiazole rings is 1. The predicted molar refractivity (Wildman–Crippen MR) is 105 cm³/mol. The Kier molecular flexibility index (Phi) is 4.51. The summed E-state index contributed by atoms with van der Waals surface area (Å²) in [7, 11) is 0. The fourth-order valence-electron chi connectivity index (χ4n) is 3.19. The van der Waals surface area contributed by atoms with E-state index in [9.17, 15) is 10.2 Å². The molecule has 4 N–H and O–H groups in total. The van der Waals surface area contributed by atoms with E-state index in [2.05, 4.69) is 15.0 Å². The van der Waals surface area contributed by atoms with Gasteiger partial charge in [0.15, 0.2) is 5.82 Å². The van der Waals surface area contributed by atoms with E-state index in [-0.39, 0.29) is 12.6 Å². The lowest BCUT2D eigenvalue weighted by Gasteiger charge is -2.24. The first-order valence-corrected chi connectivity index (χ1v) is 9.57. The number of hydrogen-bond acceptors (Lipinski definition) is 8. The van der Waals surface area contributed by atoms with E-state index in [4.69, 9.17) is 17.3 Å². The molecule has 0 bridgehead atoms. The molecule has 7 nitrogen and oxygen atoms in total. The van der Waals surface area contributed by atoms with Gasteiger partial charge in [0, 0.05) is 18.4 Å². The molecule has 0 spiro atoms. The monoisotopic (exact) mass is 403 g/mol. The van der Waals surface area contributed by atoms with Crippen LogP contribution in [0, 0.1) is 0 Å². The van der Waals surface area contributed by atoms with Crippen molar-refractivity contribution in [2.24, 2.45) is 0 Å². The molecular weight excluding hydrogens is 386 g/mol. The highest BCUT2D eigenvalue weighted by Crippen LogP contribution is 2.41. The molecular formula is C18H18ClN5O2S. The van der Waals surface area contributed by atoms with Crippen LogP contribution in [0.3, 0.4) is 0 Å². The van der Waals surface area contributed by atoms with E-state index in [1.54, 1.807) is 13.1 Å². The number of aromatic nitrogens is 3. The molecule has 1 unspecified atom stereocenters. The standard InChI is InChI=1S/C18H18ClN5O2S/c1-18(26,16-21-7-12(9-25)27-16)11-3-2-10-4-5-24(14(10)6-11)15-13(19)8-22-17(20)23-15/h2-3,6-8,25-26H,4-5,9H2,1H3,(H2,20,22,23). The molecule has 0 radical (unpaired) electrons. The highest BCUT2D eigenvalue weighted by molar-refractivity contribution is 7.11. The lowest BCUT2D eigenvalue weighted by atomic mass is 9.95. The third-order valence-corrected chi connectivity index (χ3v) is 6.13. The number of hydrogen-bond donors (Lipinski definition) is 3. The zero-order valence-corrected chi connectivity index (χ0v) is 16.1. The van der Waals surface area contributed by atoms with E-state index < -0.39 is 5.60 Å². The molecule has 4 rings (SSSR count). The van der Waals surface area contributed by atoms with Crippen LogP contribution in [0.1, 0.15) is 27.9 Å². The first-order valence-electron chi connectivity index (χ1n) is 8.37. The van der Waals surface area contributed by atoms with Crippen molar-refractivity contribution in [1.29, 1.82) is 0 Å². The summed E-state index contributed by atoms with van der Waals surface area (Å²) < 4.78 is 0. The summed E-state index contributed by atoms with van der Waals surface area (Å²) in [6.45, 7) is 2.31. The number of aliphatic hydroxyl groups is 2. The number of benzene rings is 1. The molecule has 2 aromatic heterocycles. The molecule has 3 aromatic rings. The van der Waals surface area contributed by atoms with Crippen molar-refractivity contribution in [3.05, 3.63) is 56.6 Å². The number of halogens is 1. The molecule has 0 saturated heterocycles. The minimum absolute atomic E-state index is 0.0979. The molecule has 0 saturated carbocycles. The Morgan fingerprint density at radius 3 is 2.89 bits per heavy atom. The summed E-state index contributed by atoms with van der Waals surface area (Å²) in [5.41, 5.74) is 7.21. The number of fused-ring (bicyclic) bond motifs is 1. The summed E-state index contributed by atoms with van der Waals surface area (Å²) in [6.07, 6.45) is 3.91. The van der Waals surface area contributed by atoms with Gasteiger partial charge >= 0.3 is 0 Å². The van der Waals surface area contributed by atoms with Crippen molar-refractivity contribution in [3.63, 3.8) is 0 Å². The van der Waals surface area contributed by atoms with Crippen LogP contribution in [0.2, 0.25) is 5.02 Å². The van der Waals surface area contributed by atoms with E-state index in [0.29, 0.717) is 32.8 Å². The number of nitrogens with zero attached hydrogens (tertiary/aromatic N) is 4. The number of rotatable bonds is 4. The molecule has 140 valence electrons. The van der Waals surface area contributed by atoms with Gasteiger partial charge < -0.3 is 20.8 Å². The van der Waals surface area contributed by atoms with E-state index in [0.717, 1.165) is 17.7 Å². The van der Waals surface area contributed by atoms with Gasteiger partial charge in [-0.25, -0.2) is 9.97 Å². The quantitative estimate of drug-likeness (QED) is 0.614. The second kappa shape index (κ2) is 6.72. The van der Waals surface area contributed by atoms with Crippen molar-refractivity contribution in [1.82, 2.24) is 15.0 Å². The Bertz CT molecular complexity index is 1010. The Balaban J connectivity index is 1.76. The molecule has 3 heterocycles. The molecule has 0 fully saturated rings. The number of nitrogens with two attached hydrogens (primary N) is 1. The highest BCUT2D eigenvalue weighted by Gasteiger charge is 2.32. The maximum absolute atomic E-state index is 11.1. The Morgan fingerprint density at radius 2 is 2.15 bits per heavy atom. The van der Waals surface area contributed by atoms with Crippen molar-refractivity contribution in [2.75, 3.05) is 17.2 Å². The SMILES string of the molecule is CC(O)(c1ccc2c(c1)N(c1nc(N)ncc1Cl)CC2)c1ncc(CO)s1. The average molecular weight is 404 g/mol. The smallest absolute Gasteiger partial charge is 0.222 e. The number of anilines is 3. The van der Waals surface area contributed by atoms with Gasteiger partial charge in [0.2, 0.25) is 5.95 Å². The largest absolute Gasteiger partial charge is 0.391 e. The lowest BCUT2D eigenvalue weighted by molar-refractivity contribution is 0.102. The van der Waals surface area contributed by atoms with Gasteiger partial charge in [0.1, 0.15) is 15.6 Å². The van der Waals surface area contributed by atoms with Crippen LogP contribution >= 0.6 is 22.9 Å². The van der Waals surface area contributed by atoms with Gasteiger partial charge in [0.05, 0.1) is 17.7 Å². The van der Waals surface area contributed by atoms with Crippen LogP contribution in [0.4, 0.5) is 17.5 Å². The van der Waals surface area contributed by atoms with Crippen molar-refractivity contribution in [3.8, 4) is 0 Å². The van der Waals surface area contributed by atoms with Crippen LogP contribution < -0.4 is 10.6 Å². The second-order valence-corrected chi connectivity index (χ2v) is 8.03. The molecule has 0 amide bonds. The number of aliphatic hydroxyl groups excluding tert-OH is 1. The molecule has 9 heteroatoms. The average Bonchev–Trinajstić information content (AvgIpc) is 3.30. The van der Waals surface area contributed by atoms with Gasteiger partial charge in [-0.3, -0.25) is 0 Å². The summed E-state index contributed by atoms with van der Waals surface area (Å²) >= 11 is 7.57. The van der Waals surface area contributed by atoms with E-state index in [1.807, 2.05) is 23.1 Å². The Hall–Kier alpha value is -2.26. The van der Waals surface area contributed by atoms with Crippen LogP contribution in [0.5, 0.6) is 0 Å². The van der Waals surface area contributed by atoms with Crippen LogP contribution in [0.25, 0.3) is 0 Å². The summed E-state index contributed by atoms with van der Waals surface area (Å²) in [4.78, 5) is 15.1. The lowest BCUT2D eigenvalue weighted by Crippen LogP contribution is -2.23. The summed E-state index contributed by atoms with van der Waals surface area (Å²) in [5.74, 6) is 0.710. The second-order valence-electron chi connectivity index (χ2n) is 6.51. The minimum Gasteiger partial charge on any atom is -0.391 e. The Labute approximate surface area is 165 Å². The molecule has 1 aliphatic heterocycles. The van der Waals surface area contributed by atoms with Crippen molar-refractivity contribution >= 4 is 40.4 Å². The topological polar surface area (TPSA) is 108 Å². The van der Waals surface area contributed by atoms with Gasteiger partial charge in [-0.1, -0.05) is 23.7 Å². The minimum atomic E-state index is -1.28. The van der Waals surface area contributed by atoms with Crippen LogP contribution in [-0.4, -0.2) is 31.7 Å². The number of nitrogen functional groups attached to an aromatic ring is 1. The fourth-order valence-corrected chi connectivity index (χ4v) is 4.23. The van der Waals surface area contributed by atoms with Gasteiger partial charge in [-0.15, -0.1) is 11.3 Å². The van der Waals surface area contributed by atoms with E-state index in [1.165, 1.54) is 17.5 Å². The zero-order chi connectivity index (χ0) is 19.2. The Morgan fingerprint density at radius 1 is 1.33 bits per heavy atom. The molecule has 1 aliphatic rings. The van der Waals surface area contributed by atoms with Gasteiger partial charge in [0.25, 0.3) is 0 Å². The van der Waals surface area contributed by atoms with Gasteiger partial charge in [-0.2, -0.15) is 4.98 Å². The first kappa shape index (κ1) is 18.1. The predicted octanol–water partition coefficient (Wildman–Crippen LogP) is 2.61. The summed E-state index contributed by atoms with van der Waals surface area (Å²) in [6, 6.07) is 5.83. The van der Waals surface area contributed by atoms with Crippen LogP contribution in [0.15, 0.2) is 30.6 Å². The van der Waals surface area contributed by atoms with E-state index >= 15 is 0 Å². The third-order valence-electron chi connectivity index (χ3n) is 4.67. The van der Waals surface area contributed by atoms with Crippen molar-refractivity contribution < 1.29 is 10.2 Å². The zero-order valence-electron chi connectivity index (χ0n) is 14.6. The maximum Gasteiger partial charge on any atom is 0.222 e. The molecule has 1 aromatic carbocycles. The van der Waals surface area contributed by atoms with Gasteiger partial charge in [-0.05, 0) is 30.5 Å². The summed E-state index contributed by atoms with van der Waals surface area (Å²) in [5, 5.41) is 21.3. The third kappa shape index (κ3) is 3.14. The molecule has 0 aliphatic carbocycles.